The molecule has 0 radical (unpaired) electrons. The number of carbonyl (C=O) groups excluding carboxylic acids is 2. The first-order valence-corrected chi connectivity index (χ1v) is 10.9. The number of hydrogen-bond acceptors (Lipinski definition) is 5. The van der Waals surface area contributed by atoms with Crippen LogP contribution in [0.3, 0.4) is 0 Å². The van der Waals surface area contributed by atoms with Crippen LogP contribution >= 0.6 is 15.9 Å². The molecular weight excluding hydrogens is 458 g/mol. The second-order valence-corrected chi connectivity index (χ2v) is 8.66. The normalized spacial score (nSPS) is 20.8. The minimum atomic E-state index is -0.469. The average molecular weight is 482 g/mol. The highest BCUT2D eigenvalue weighted by molar-refractivity contribution is 9.10. The number of benzene rings is 2. The van der Waals surface area contributed by atoms with E-state index in [1.807, 2.05) is 55.5 Å². The van der Waals surface area contributed by atoms with E-state index in [2.05, 4.69) is 21.2 Å². The molecule has 0 spiro atoms. The van der Waals surface area contributed by atoms with E-state index in [9.17, 15) is 9.59 Å². The summed E-state index contributed by atoms with van der Waals surface area (Å²) in [6, 6.07) is 15.6. The fraction of sp³-hybridized carbons (Fsp3) is 0.280. The number of halogens is 1. The first kappa shape index (κ1) is 21.4. The van der Waals surface area contributed by atoms with Gasteiger partial charge in [-0.1, -0.05) is 46.3 Å². The van der Waals surface area contributed by atoms with Crippen molar-refractivity contribution in [1.29, 1.82) is 0 Å². The Morgan fingerprint density at radius 3 is 2.42 bits per heavy atom. The molecule has 0 bridgehead atoms. The fourth-order valence-corrected chi connectivity index (χ4v) is 5.07. The Kier molecular flexibility index (Phi) is 6.01. The second kappa shape index (κ2) is 8.71. The number of nitrogens with one attached hydrogen (secondary N) is 1. The van der Waals surface area contributed by atoms with Crippen LogP contribution in [-0.4, -0.2) is 26.0 Å². The van der Waals surface area contributed by atoms with Gasteiger partial charge in [0.05, 0.1) is 19.8 Å². The molecule has 4 rings (SSSR count). The molecule has 1 aliphatic carbocycles. The van der Waals surface area contributed by atoms with E-state index in [1.165, 1.54) is 7.11 Å². The predicted octanol–water partition coefficient (Wildman–Crippen LogP) is 4.99. The minimum absolute atomic E-state index is 0.0456. The van der Waals surface area contributed by atoms with E-state index in [0.29, 0.717) is 24.0 Å². The Morgan fingerprint density at radius 1 is 1.06 bits per heavy atom. The van der Waals surface area contributed by atoms with Crippen molar-refractivity contribution >= 4 is 27.7 Å². The molecule has 0 saturated heterocycles. The van der Waals surface area contributed by atoms with Crippen LogP contribution < -0.4 is 10.1 Å². The first-order chi connectivity index (χ1) is 14.9. The van der Waals surface area contributed by atoms with Crippen molar-refractivity contribution in [2.24, 2.45) is 0 Å². The standard InChI is InChI=1S/C25H24BrNO4/c1-14-22(25(29)31-3)23(18-6-4-5-7-19(18)26)24-20(27-14)12-16(13-21(24)28)15-8-10-17(30-2)11-9-15/h4-11,16,23,27H,12-13H2,1-3H3/t16-,23-/m0/s1. The van der Waals surface area contributed by atoms with Crippen molar-refractivity contribution in [3.05, 3.63) is 86.7 Å². The minimum Gasteiger partial charge on any atom is -0.497 e. The summed E-state index contributed by atoms with van der Waals surface area (Å²) in [5.74, 6) is 0.00395. The molecule has 1 aliphatic heterocycles. The first-order valence-electron chi connectivity index (χ1n) is 10.1. The van der Waals surface area contributed by atoms with Crippen LogP contribution in [0.2, 0.25) is 0 Å². The number of carbonyl (C=O) groups is 2. The van der Waals surface area contributed by atoms with Crippen molar-refractivity contribution < 1.29 is 19.1 Å². The third-order valence-electron chi connectivity index (χ3n) is 6.04. The third-order valence-corrected chi connectivity index (χ3v) is 6.76. The number of hydrogen-bond donors (Lipinski definition) is 1. The van der Waals surface area contributed by atoms with E-state index in [0.717, 1.165) is 32.7 Å². The molecule has 2 aliphatic rings. The van der Waals surface area contributed by atoms with E-state index in [4.69, 9.17) is 9.47 Å². The summed E-state index contributed by atoms with van der Waals surface area (Å²) in [5, 5.41) is 3.35. The average Bonchev–Trinajstić information content (AvgIpc) is 2.78. The van der Waals surface area contributed by atoms with Gasteiger partial charge in [-0.15, -0.1) is 0 Å². The van der Waals surface area contributed by atoms with Crippen LogP contribution in [0.1, 0.15) is 42.7 Å². The van der Waals surface area contributed by atoms with Gasteiger partial charge in [0.1, 0.15) is 5.75 Å². The Morgan fingerprint density at radius 2 is 1.77 bits per heavy atom. The van der Waals surface area contributed by atoms with Gasteiger partial charge in [0, 0.05) is 33.8 Å². The highest BCUT2D eigenvalue weighted by Crippen LogP contribution is 2.47. The number of methoxy groups -OCH3 is 2. The summed E-state index contributed by atoms with van der Waals surface area (Å²) in [6.07, 6.45) is 1.08. The van der Waals surface area contributed by atoms with Gasteiger partial charge in [0.15, 0.2) is 5.78 Å². The molecule has 6 heteroatoms. The zero-order valence-electron chi connectivity index (χ0n) is 17.7. The summed E-state index contributed by atoms with van der Waals surface area (Å²) >= 11 is 3.61. The molecule has 0 aromatic heterocycles. The summed E-state index contributed by atoms with van der Waals surface area (Å²) in [4.78, 5) is 26.2. The van der Waals surface area contributed by atoms with Crippen LogP contribution in [-0.2, 0) is 14.3 Å². The van der Waals surface area contributed by atoms with Crippen LogP contribution in [0.4, 0.5) is 0 Å². The number of allylic oxidation sites excluding steroid dienone is 3. The molecular formula is C25H24BrNO4. The second-order valence-electron chi connectivity index (χ2n) is 7.80. The monoisotopic (exact) mass is 481 g/mol. The lowest BCUT2D eigenvalue weighted by atomic mass is 9.72. The predicted molar refractivity (Wildman–Crippen MR) is 122 cm³/mol. The summed E-state index contributed by atoms with van der Waals surface area (Å²) in [6.45, 7) is 1.86. The molecule has 1 heterocycles. The van der Waals surface area contributed by atoms with Crippen molar-refractivity contribution in [2.75, 3.05) is 14.2 Å². The van der Waals surface area contributed by atoms with Gasteiger partial charge in [-0.3, -0.25) is 4.79 Å². The lowest BCUT2D eigenvalue weighted by molar-refractivity contribution is -0.136. The maximum absolute atomic E-state index is 13.5. The van der Waals surface area contributed by atoms with Gasteiger partial charge in [-0.2, -0.15) is 0 Å². The van der Waals surface area contributed by atoms with Crippen molar-refractivity contribution in [3.63, 3.8) is 0 Å². The van der Waals surface area contributed by atoms with Crippen LogP contribution in [0.5, 0.6) is 5.75 Å². The molecule has 0 unspecified atom stereocenters. The van der Waals surface area contributed by atoms with Crippen molar-refractivity contribution in [2.45, 2.75) is 31.6 Å². The van der Waals surface area contributed by atoms with E-state index in [1.54, 1.807) is 7.11 Å². The maximum atomic E-state index is 13.5. The molecule has 0 fully saturated rings. The molecule has 2 aromatic carbocycles. The Hall–Kier alpha value is -2.86. The number of Topliss-reactive ketones (excluding diaryl/α,β-unsaturated/α-hetero) is 1. The summed E-state index contributed by atoms with van der Waals surface area (Å²) in [5.41, 5.74) is 4.71. The Bertz CT molecular complexity index is 1100. The van der Waals surface area contributed by atoms with Crippen LogP contribution in [0, 0.1) is 0 Å². The van der Waals surface area contributed by atoms with E-state index >= 15 is 0 Å². The zero-order valence-corrected chi connectivity index (χ0v) is 19.3. The lowest BCUT2D eigenvalue weighted by Gasteiger charge is -2.37. The SMILES string of the molecule is COC(=O)C1=C(C)NC2=C(C(=O)C[C@@H](c3ccc(OC)cc3)C2)[C@H]1c1ccccc1Br. The Balaban J connectivity index is 1.79. The topological polar surface area (TPSA) is 64.6 Å². The molecule has 2 aromatic rings. The number of ether oxygens (including phenoxy) is 2. The van der Waals surface area contributed by atoms with Crippen LogP contribution in [0.15, 0.2) is 75.5 Å². The van der Waals surface area contributed by atoms with Gasteiger partial charge in [0.2, 0.25) is 0 Å². The summed E-state index contributed by atoms with van der Waals surface area (Å²) < 4.78 is 11.2. The molecule has 0 amide bonds. The van der Waals surface area contributed by atoms with Gasteiger partial charge >= 0.3 is 5.97 Å². The quantitative estimate of drug-likeness (QED) is 0.622. The van der Waals surface area contributed by atoms with Crippen molar-refractivity contribution in [1.82, 2.24) is 5.32 Å². The van der Waals surface area contributed by atoms with Crippen molar-refractivity contribution in [3.8, 4) is 5.75 Å². The number of dihydropyridines is 1. The molecule has 2 atom stereocenters. The maximum Gasteiger partial charge on any atom is 0.336 e. The smallest absolute Gasteiger partial charge is 0.336 e. The van der Waals surface area contributed by atoms with E-state index < -0.39 is 11.9 Å². The zero-order chi connectivity index (χ0) is 22.1. The fourth-order valence-electron chi connectivity index (χ4n) is 4.55. The third kappa shape index (κ3) is 3.92. The number of esters is 1. The van der Waals surface area contributed by atoms with Gasteiger partial charge in [0.25, 0.3) is 0 Å². The number of ketones is 1. The van der Waals surface area contributed by atoms with Gasteiger partial charge < -0.3 is 14.8 Å². The molecule has 0 saturated carbocycles. The highest BCUT2D eigenvalue weighted by Gasteiger charge is 2.41. The molecule has 160 valence electrons. The number of rotatable bonds is 4. The Labute approximate surface area is 190 Å². The van der Waals surface area contributed by atoms with E-state index in [-0.39, 0.29) is 11.7 Å². The lowest BCUT2D eigenvalue weighted by Crippen LogP contribution is -2.36. The molecule has 31 heavy (non-hydrogen) atoms. The van der Waals surface area contributed by atoms with Gasteiger partial charge in [-0.05, 0) is 48.6 Å². The summed E-state index contributed by atoms with van der Waals surface area (Å²) in [7, 11) is 3.00. The largest absolute Gasteiger partial charge is 0.497 e. The highest BCUT2D eigenvalue weighted by atomic mass is 79.9. The molecule has 1 N–H and O–H groups in total. The molecule has 5 nitrogen and oxygen atoms in total. The van der Waals surface area contributed by atoms with Crippen LogP contribution in [0.25, 0.3) is 0 Å². The van der Waals surface area contributed by atoms with Gasteiger partial charge in [-0.25, -0.2) is 4.79 Å².